The van der Waals surface area contributed by atoms with Gasteiger partial charge in [-0.15, -0.1) is 0 Å². The van der Waals surface area contributed by atoms with Crippen molar-refractivity contribution >= 4 is 0 Å². The van der Waals surface area contributed by atoms with E-state index in [2.05, 4.69) is 69.7 Å². The van der Waals surface area contributed by atoms with E-state index < -0.39 is 0 Å². The molecule has 6 N–H and O–H groups in total. The van der Waals surface area contributed by atoms with Crippen molar-refractivity contribution in [2.24, 2.45) is 0 Å². The maximum Gasteiger partial charge on any atom is 0.169 e. The van der Waals surface area contributed by atoms with Crippen LogP contribution in [-0.4, -0.2) is 0 Å². The molecule has 0 aromatic carbocycles. The smallest absolute Gasteiger partial charge is 0.169 e. The Morgan fingerprint density at radius 1 is 0.542 bits per heavy atom. The Morgan fingerprint density at radius 3 is 1.21 bits per heavy atom. The molecule has 2 heterocycles. The van der Waals surface area contributed by atoms with E-state index in [-0.39, 0.29) is 0 Å². The molecular weight excluding hydrogens is 296 g/mol. The summed E-state index contributed by atoms with van der Waals surface area (Å²) in [7, 11) is 0. The molecule has 4 nitrogen and oxygen atoms in total. The molecule has 0 spiro atoms. The lowest BCUT2D eigenvalue weighted by Crippen LogP contribution is -2.47. The molecule has 0 atom stereocenters. The van der Waals surface area contributed by atoms with E-state index >= 15 is 0 Å². The highest BCUT2D eigenvalue weighted by molar-refractivity contribution is 5.05. The molecule has 2 aromatic rings. The number of aromatic nitrogens is 2. The minimum Gasteiger partial charge on any atom is -0.354 e. The fourth-order valence-corrected chi connectivity index (χ4v) is 2.90. The quantitative estimate of drug-likeness (QED) is 0.452. The zero-order valence-corrected chi connectivity index (χ0v) is 15.0. The molecule has 2 aromatic heterocycles. The highest BCUT2D eigenvalue weighted by Gasteiger charge is 2.02. The van der Waals surface area contributed by atoms with Gasteiger partial charge >= 0.3 is 0 Å². The van der Waals surface area contributed by atoms with Crippen LogP contribution in [0.15, 0.2) is 49.1 Å². The number of hydrogen-bond donors (Lipinski definition) is 2. The maximum atomic E-state index is 3.91. The highest BCUT2D eigenvalue weighted by atomic mass is 14.9. The number of unbranched alkanes of at least 4 members (excludes halogenated alkanes) is 5. The lowest BCUT2D eigenvalue weighted by Gasteiger charge is -2.01. The first-order valence-corrected chi connectivity index (χ1v) is 9.36. The summed E-state index contributed by atoms with van der Waals surface area (Å²) in [5.74, 6) is 0. The summed E-state index contributed by atoms with van der Waals surface area (Å²) < 4.78 is 4.57. The molecule has 0 saturated carbocycles. The van der Waals surface area contributed by atoms with Crippen molar-refractivity contribution in [3.05, 3.63) is 60.2 Å². The largest absolute Gasteiger partial charge is 0.354 e. The van der Waals surface area contributed by atoms with E-state index in [1.165, 1.54) is 49.7 Å². The van der Waals surface area contributed by atoms with Crippen molar-refractivity contribution in [3.63, 3.8) is 0 Å². The molecule has 0 radical (unpaired) electrons. The first kappa shape index (κ1) is 18.6. The van der Waals surface area contributed by atoms with Gasteiger partial charge in [0, 0.05) is 48.2 Å². The SMILES string of the molecule is [NH3+]Cc1cc[n+](CCCCCCCC[n+]2ccc(C[NH3+])cc2)cc1. The molecule has 0 aliphatic heterocycles. The first-order valence-electron chi connectivity index (χ1n) is 9.36. The van der Waals surface area contributed by atoms with Crippen LogP contribution in [0, 0.1) is 0 Å². The van der Waals surface area contributed by atoms with Crippen molar-refractivity contribution in [2.45, 2.75) is 64.7 Å². The van der Waals surface area contributed by atoms with Crippen molar-refractivity contribution in [1.82, 2.24) is 0 Å². The van der Waals surface area contributed by atoms with Gasteiger partial charge in [0.1, 0.15) is 26.2 Å². The molecule has 0 aliphatic carbocycles. The van der Waals surface area contributed by atoms with E-state index in [1.807, 2.05) is 0 Å². The summed E-state index contributed by atoms with van der Waals surface area (Å²) in [5.41, 5.74) is 10.4. The lowest BCUT2D eigenvalue weighted by atomic mass is 10.1. The van der Waals surface area contributed by atoms with Crippen LogP contribution in [0.4, 0.5) is 0 Å². The minimum atomic E-state index is 0.874. The number of quaternary nitrogens is 2. The molecule has 4 heteroatoms. The molecule has 0 saturated heterocycles. The van der Waals surface area contributed by atoms with Gasteiger partial charge in [-0.2, -0.15) is 0 Å². The van der Waals surface area contributed by atoms with Crippen molar-refractivity contribution in [1.29, 1.82) is 0 Å². The van der Waals surface area contributed by atoms with Gasteiger partial charge in [-0.1, -0.05) is 12.8 Å². The summed E-state index contributed by atoms with van der Waals surface area (Å²) in [6, 6.07) is 8.70. The second-order valence-corrected chi connectivity index (χ2v) is 6.51. The Bertz CT molecular complexity index is 510. The standard InChI is InChI=1S/C20H32N4/c21-17-19-7-13-23(14-8-19)11-5-3-1-2-4-6-12-24-15-9-20(18-22)10-16-24/h7-10,13-16H,1-6,11-12,17-18,21-22H2/q+2/p+2. The summed E-state index contributed by atoms with van der Waals surface area (Å²) in [4.78, 5) is 0. The normalized spacial score (nSPS) is 10.9. The predicted molar refractivity (Wildman–Crippen MR) is 94.2 cm³/mol. The van der Waals surface area contributed by atoms with Crippen molar-refractivity contribution < 1.29 is 20.6 Å². The molecule has 24 heavy (non-hydrogen) atoms. The van der Waals surface area contributed by atoms with Crippen molar-refractivity contribution in [3.8, 4) is 0 Å². The Kier molecular flexibility index (Phi) is 8.42. The van der Waals surface area contributed by atoms with Crippen LogP contribution in [0.5, 0.6) is 0 Å². The fraction of sp³-hybridized carbons (Fsp3) is 0.500. The Balaban J connectivity index is 1.48. The number of pyridine rings is 2. The predicted octanol–water partition coefficient (Wildman–Crippen LogP) is 0.786. The van der Waals surface area contributed by atoms with Gasteiger partial charge in [0.15, 0.2) is 24.8 Å². The fourth-order valence-electron chi connectivity index (χ4n) is 2.90. The molecule has 0 fully saturated rings. The van der Waals surface area contributed by atoms with E-state index in [9.17, 15) is 0 Å². The number of nitrogens with zero attached hydrogens (tertiary/aromatic N) is 2. The monoisotopic (exact) mass is 330 g/mol. The summed E-state index contributed by atoms with van der Waals surface area (Å²) in [5, 5.41) is 0. The summed E-state index contributed by atoms with van der Waals surface area (Å²) >= 11 is 0. The summed E-state index contributed by atoms with van der Waals surface area (Å²) in [6.07, 6.45) is 16.6. The topological polar surface area (TPSA) is 63.0 Å². The molecule has 0 unspecified atom stereocenters. The Hall–Kier alpha value is -1.78. The average Bonchev–Trinajstić information content (AvgIpc) is 2.65. The third-order valence-corrected chi connectivity index (χ3v) is 4.58. The number of aryl methyl sites for hydroxylation is 2. The number of rotatable bonds is 11. The van der Waals surface area contributed by atoms with Gasteiger partial charge in [-0.25, -0.2) is 9.13 Å². The second kappa shape index (κ2) is 10.9. The molecular formula is C20H34N4+4. The van der Waals surface area contributed by atoms with Crippen LogP contribution in [0.3, 0.4) is 0 Å². The zero-order valence-electron chi connectivity index (χ0n) is 15.0. The molecule has 0 aliphatic rings. The zero-order chi connectivity index (χ0) is 17.0. The lowest BCUT2D eigenvalue weighted by molar-refractivity contribution is -0.697. The number of hydrogen-bond acceptors (Lipinski definition) is 0. The van der Waals surface area contributed by atoms with Gasteiger partial charge in [0.25, 0.3) is 0 Å². The Labute approximate surface area is 146 Å². The van der Waals surface area contributed by atoms with E-state index in [4.69, 9.17) is 0 Å². The molecule has 2 rings (SSSR count). The maximum absolute atomic E-state index is 3.91. The summed E-state index contributed by atoms with van der Waals surface area (Å²) in [6.45, 7) is 4.01. The van der Waals surface area contributed by atoms with E-state index in [0.717, 1.165) is 26.2 Å². The minimum absolute atomic E-state index is 0.874. The second-order valence-electron chi connectivity index (χ2n) is 6.51. The third-order valence-electron chi connectivity index (χ3n) is 4.58. The van der Waals surface area contributed by atoms with Crippen LogP contribution >= 0.6 is 0 Å². The van der Waals surface area contributed by atoms with Gasteiger partial charge in [0.2, 0.25) is 0 Å². The molecule has 0 bridgehead atoms. The third kappa shape index (κ3) is 6.77. The van der Waals surface area contributed by atoms with Gasteiger partial charge in [0.05, 0.1) is 0 Å². The average molecular weight is 331 g/mol. The van der Waals surface area contributed by atoms with E-state index in [1.54, 1.807) is 0 Å². The van der Waals surface area contributed by atoms with Crippen LogP contribution < -0.4 is 20.6 Å². The van der Waals surface area contributed by atoms with Crippen LogP contribution in [0.25, 0.3) is 0 Å². The van der Waals surface area contributed by atoms with Gasteiger partial charge < -0.3 is 11.5 Å². The van der Waals surface area contributed by atoms with Crippen LogP contribution in [0.2, 0.25) is 0 Å². The highest BCUT2D eigenvalue weighted by Crippen LogP contribution is 2.05. The van der Waals surface area contributed by atoms with Crippen LogP contribution in [0.1, 0.15) is 49.7 Å². The van der Waals surface area contributed by atoms with E-state index in [0.29, 0.717) is 0 Å². The van der Waals surface area contributed by atoms with Gasteiger partial charge in [-0.05, 0) is 12.8 Å². The molecule has 130 valence electrons. The molecule has 0 amide bonds. The van der Waals surface area contributed by atoms with Crippen LogP contribution in [-0.2, 0) is 26.2 Å². The van der Waals surface area contributed by atoms with Gasteiger partial charge in [-0.3, -0.25) is 0 Å². The Morgan fingerprint density at radius 2 is 0.875 bits per heavy atom. The van der Waals surface area contributed by atoms with Crippen molar-refractivity contribution in [2.75, 3.05) is 0 Å². The first-order chi connectivity index (χ1) is 11.8.